The molecule has 3 aromatic rings. The Labute approximate surface area is 174 Å². The van der Waals surface area contributed by atoms with Crippen LogP contribution in [0.15, 0.2) is 47.0 Å². The fourth-order valence-electron chi connectivity index (χ4n) is 3.47. The Balaban J connectivity index is 1.33. The van der Waals surface area contributed by atoms with E-state index < -0.39 is 0 Å². The molecule has 0 spiro atoms. The van der Waals surface area contributed by atoms with Gasteiger partial charge in [0.15, 0.2) is 0 Å². The van der Waals surface area contributed by atoms with E-state index in [1.165, 1.54) is 18.5 Å². The van der Waals surface area contributed by atoms with Crippen molar-refractivity contribution in [2.45, 2.75) is 32.6 Å². The van der Waals surface area contributed by atoms with Crippen LogP contribution in [0.3, 0.4) is 0 Å². The third-order valence-electron chi connectivity index (χ3n) is 5.09. The second-order valence-electron chi connectivity index (χ2n) is 7.26. The number of carbonyl (C=O) groups is 1. The molecule has 2 heterocycles. The minimum Gasteiger partial charge on any atom is -0.372 e. The highest BCUT2D eigenvalue weighted by molar-refractivity contribution is 6.30. The van der Waals surface area contributed by atoms with Gasteiger partial charge in [-0.3, -0.25) is 4.79 Å². The predicted molar refractivity (Wildman–Crippen MR) is 114 cm³/mol. The van der Waals surface area contributed by atoms with Crippen molar-refractivity contribution in [1.29, 1.82) is 0 Å². The maximum Gasteiger partial charge on any atom is 0.227 e. The van der Waals surface area contributed by atoms with Crippen LogP contribution in [0.25, 0.3) is 11.4 Å². The SMILES string of the molecule is Cc1cc(N2CCCC2)ccc1NC(=O)CCc1nc(-c2ccc(Cl)cc2)no1. The highest BCUT2D eigenvalue weighted by Crippen LogP contribution is 2.26. The molecule has 1 aromatic heterocycles. The van der Waals surface area contributed by atoms with E-state index in [0.717, 1.165) is 29.9 Å². The highest BCUT2D eigenvalue weighted by atomic mass is 35.5. The summed E-state index contributed by atoms with van der Waals surface area (Å²) in [4.78, 5) is 19.1. The van der Waals surface area contributed by atoms with E-state index in [4.69, 9.17) is 16.1 Å². The van der Waals surface area contributed by atoms with Gasteiger partial charge in [0.2, 0.25) is 17.6 Å². The lowest BCUT2D eigenvalue weighted by Gasteiger charge is -2.19. The van der Waals surface area contributed by atoms with E-state index in [9.17, 15) is 4.79 Å². The molecular weight excluding hydrogens is 388 g/mol. The van der Waals surface area contributed by atoms with E-state index in [-0.39, 0.29) is 12.3 Å². The molecule has 0 aliphatic carbocycles. The first-order chi connectivity index (χ1) is 14.1. The Hall–Kier alpha value is -2.86. The van der Waals surface area contributed by atoms with E-state index in [2.05, 4.69) is 32.5 Å². The standard InChI is InChI=1S/C22H23ClN4O2/c1-15-14-18(27-12-2-3-13-27)8-9-19(15)24-20(28)10-11-21-25-22(26-29-21)16-4-6-17(23)7-5-16/h4-9,14H,2-3,10-13H2,1H3,(H,24,28). The number of anilines is 2. The van der Waals surface area contributed by atoms with Crippen molar-refractivity contribution in [1.82, 2.24) is 10.1 Å². The first kappa shape index (κ1) is 19.5. The number of halogens is 1. The largest absolute Gasteiger partial charge is 0.372 e. The summed E-state index contributed by atoms with van der Waals surface area (Å²) >= 11 is 5.90. The number of nitrogens with zero attached hydrogens (tertiary/aromatic N) is 3. The number of aryl methyl sites for hydroxylation is 2. The van der Waals surface area contributed by atoms with Crippen molar-refractivity contribution < 1.29 is 9.32 Å². The maximum atomic E-state index is 12.4. The summed E-state index contributed by atoms with van der Waals surface area (Å²) in [7, 11) is 0. The quantitative estimate of drug-likeness (QED) is 0.627. The number of rotatable bonds is 6. The fraction of sp³-hybridized carbons (Fsp3) is 0.318. The van der Waals surface area contributed by atoms with Gasteiger partial charge in [0.25, 0.3) is 0 Å². The monoisotopic (exact) mass is 410 g/mol. The van der Waals surface area contributed by atoms with E-state index in [0.29, 0.717) is 23.2 Å². The molecule has 29 heavy (non-hydrogen) atoms. The third kappa shape index (κ3) is 4.77. The molecule has 7 heteroatoms. The van der Waals surface area contributed by atoms with Gasteiger partial charge in [-0.1, -0.05) is 16.8 Å². The van der Waals surface area contributed by atoms with Crippen LogP contribution in [0.4, 0.5) is 11.4 Å². The number of nitrogens with one attached hydrogen (secondary N) is 1. The van der Waals surface area contributed by atoms with Gasteiger partial charge in [0.05, 0.1) is 0 Å². The topological polar surface area (TPSA) is 71.3 Å². The van der Waals surface area contributed by atoms with Gasteiger partial charge in [0.1, 0.15) is 0 Å². The van der Waals surface area contributed by atoms with Gasteiger partial charge in [0, 0.05) is 47.9 Å². The molecule has 0 unspecified atom stereocenters. The number of benzene rings is 2. The summed E-state index contributed by atoms with van der Waals surface area (Å²) in [5, 5.41) is 7.61. The molecule has 0 saturated carbocycles. The molecule has 0 radical (unpaired) electrons. The Bertz CT molecular complexity index is 994. The molecule has 0 atom stereocenters. The Kier molecular flexibility index (Phi) is 5.81. The van der Waals surface area contributed by atoms with Gasteiger partial charge in [-0.25, -0.2) is 0 Å². The molecular formula is C22H23ClN4O2. The molecule has 2 aromatic carbocycles. The summed E-state index contributed by atoms with van der Waals surface area (Å²) in [6.07, 6.45) is 3.15. The minimum absolute atomic E-state index is 0.0757. The van der Waals surface area contributed by atoms with Gasteiger partial charge >= 0.3 is 0 Å². The maximum absolute atomic E-state index is 12.4. The van der Waals surface area contributed by atoms with Crippen LogP contribution in [-0.2, 0) is 11.2 Å². The third-order valence-corrected chi connectivity index (χ3v) is 5.34. The fourth-order valence-corrected chi connectivity index (χ4v) is 3.59. The lowest BCUT2D eigenvalue weighted by molar-refractivity contribution is -0.116. The molecule has 1 saturated heterocycles. The summed E-state index contributed by atoms with van der Waals surface area (Å²) in [6, 6.07) is 13.4. The highest BCUT2D eigenvalue weighted by Gasteiger charge is 2.14. The van der Waals surface area contributed by atoms with Crippen LogP contribution in [0.1, 0.15) is 30.7 Å². The van der Waals surface area contributed by atoms with Crippen molar-refractivity contribution in [3.05, 3.63) is 58.9 Å². The number of hydrogen-bond donors (Lipinski definition) is 1. The lowest BCUT2D eigenvalue weighted by atomic mass is 10.1. The summed E-state index contributed by atoms with van der Waals surface area (Å²) in [5.41, 5.74) is 3.94. The molecule has 6 nitrogen and oxygen atoms in total. The zero-order chi connectivity index (χ0) is 20.2. The summed E-state index contributed by atoms with van der Waals surface area (Å²) < 4.78 is 5.27. The first-order valence-corrected chi connectivity index (χ1v) is 10.2. The molecule has 4 rings (SSSR count). The number of amides is 1. The number of carbonyl (C=O) groups excluding carboxylic acids is 1. The predicted octanol–water partition coefficient (Wildman–Crippen LogP) is 4.87. The van der Waals surface area contributed by atoms with Crippen molar-refractivity contribution in [3.8, 4) is 11.4 Å². The van der Waals surface area contributed by atoms with Gasteiger partial charge in [-0.15, -0.1) is 0 Å². The van der Waals surface area contributed by atoms with E-state index in [1.54, 1.807) is 12.1 Å². The van der Waals surface area contributed by atoms with Crippen molar-refractivity contribution in [2.75, 3.05) is 23.3 Å². The van der Waals surface area contributed by atoms with Crippen LogP contribution < -0.4 is 10.2 Å². The van der Waals surface area contributed by atoms with Crippen LogP contribution in [0, 0.1) is 6.92 Å². The van der Waals surface area contributed by atoms with Crippen molar-refractivity contribution >= 4 is 28.9 Å². The lowest BCUT2D eigenvalue weighted by Crippen LogP contribution is -2.18. The smallest absolute Gasteiger partial charge is 0.227 e. The Morgan fingerprint density at radius 2 is 1.93 bits per heavy atom. The normalized spacial score (nSPS) is 13.7. The minimum atomic E-state index is -0.0757. The molecule has 1 fully saturated rings. The Morgan fingerprint density at radius 1 is 1.17 bits per heavy atom. The van der Waals surface area contributed by atoms with E-state index >= 15 is 0 Å². The van der Waals surface area contributed by atoms with Crippen LogP contribution >= 0.6 is 11.6 Å². The van der Waals surface area contributed by atoms with Crippen LogP contribution in [0.5, 0.6) is 0 Å². The van der Waals surface area contributed by atoms with Crippen molar-refractivity contribution in [2.24, 2.45) is 0 Å². The zero-order valence-electron chi connectivity index (χ0n) is 16.3. The molecule has 1 amide bonds. The molecule has 1 N–H and O–H groups in total. The second kappa shape index (κ2) is 8.66. The molecule has 1 aliphatic heterocycles. The Morgan fingerprint density at radius 3 is 2.66 bits per heavy atom. The zero-order valence-corrected chi connectivity index (χ0v) is 17.1. The first-order valence-electron chi connectivity index (χ1n) is 9.82. The molecule has 0 bridgehead atoms. The van der Waals surface area contributed by atoms with Crippen molar-refractivity contribution in [3.63, 3.8) is 0 Å². The van der Waals surface area contributed by atoms with Crippen LogP contribution in [0.2, 0.25) is 5.02 Å². The van der Waals surface area contributed by atoms with Gasteiger partial charge in [-0.2, -0.15) is 4.98 Å². The summed E-state index contributed by atoms with van der Waals surface area (Å²) in [6.45, 7) is 4.23. The summed E-state index contributed by atoms with van der Waals surface area (Å²) in [5.74, 6) is 0.852. The second-order valence-corrected chi connectivity index (χ2v) is 7.70. The molecule has 150 valence electrons. The average Bonchev–Trinajstić information content (AvgIpc) is 3.41. The van der Waals surface area contributed by atoms with Gasteiger partial charge < -0.3 is 14.7 Å². The van der Waals surface area contributed by atoms with Gasteiger partial charge in [-0.05, 0) is 67.8 Å². The number of hydrogen-bond acceptors (Lipinski definition) is 5. The van der Waals surface area contributed by atoms with E-state index in [1.807, 2.05) is 25.1 Å². The van der Waals surface area contributed by atoms with Crippen LogP contribution in [-0.4, -0.2) is 29.1 Å². The average molecular weight is 411 g/mol. The number of aromatic nitrogens is 2. The molecule has 1 aliphatic rings.